The van der Waals surface area contributed by atoms with Gasteiger partial charge in [-0.25, -0.2) is 19.9 Å². The molecule has 1 saturated carbocycles. The second-order valence-corrected chi connectivity index (χ2v) is 10.8. The molecule has 0 amide bonds. The van der Waals surface area contributed by atoms with Crippen LogP contribution in [0.4, 0.5) is 19.0 Å². The lowest BCUT2D eigenvalue weighted by Crippen LogP contribution is -2.38. The number of aliphatic hydroxyl groups is 1. The number of alkyl halides is 3. The number of anilines is 1. The average Bonchev–Trinajstić information content (AvgIpc) is 3.52. The number of rotatable bonds is 9. The number of aromatic nitrogens is 4. The van der Waals surface area contributed by atoms with Gasteiger partial charge in [0.15, 0.2) is 0 Å². The monoisotopic (exact) mass is 574 g/mol. The molecule has 2 N–H and O–H groups in total. The quantitative estimate of drug-likeness (QED) is 0.301. The normalized spacial score (nSPS) is 19.2. The van der Waals surface area contributed by atoms with Gasteiger partial charge in [0.2, 0.25) is 0 Å². The van der Waals surface area contributed by atoms with Gasteiger partial charge in [-0.1, -0.05) is 24.3 Å². The van der Waals surface area contributed by atoms with Crippen LogP contribution in [0.2, 0.25) is 0 Å². The van der Waals surface area contributed by atoms with Crippen LogP contribution < -0.4 is 19.7 Å². The fourth-order valence-electron chi connectivity index (χ4n) is 5.02. The highest BCUT2D eigenvalue weighted by atomic mass is 32.1. The summed E-state index contributed by atoms with van der Waals surface area (Å²) in [4.78, 5) is 19.7. The SMILES string of the molecule is COc1ncc(-c2ccc(CN[C@H]3C[C@@H](O)[C@@H](N(C)c4ncnc5sc(CC(F)(F)F)cc45)C3)cc2)nc1OC. The Kier molecular flexibility index (Phi) is 8.06. The number of thiophene rings is 1. The topological polar surface area (TPSA) is 106 Å². The number of hydrogen-bond acceptors (Lipinski definition) is 10. The number of nitrogens with zero attached hydrogens (tertiary/aromatic N) is 5. The number of benzene rings is 1. The van der Waals surface area contributed by atoms with Gasteiger partial charge in [-0.05, 0) is 24.5 Å². The van der Waals surface area contributed by atoms with Crippen LogP contribution in [0.5, 0.6) is 11.8 Å². The van der Waals surface area contributed by atoms with Crippen LogP contribution in [-0.4, -0.2) is 70.7 Å². The molecule has 3 aromatic heterocycles. The molecule has 0 spiro atoms. The first-order valence-corrected chi connectivity index (χ1v) is 13.5. The van der Waals surface area contributed by atoms with Gasteiger partial charge in [0.05, 0.1) is 50.1 Å². The van der Waals surface area contributed by atoms with E-state index in [1.165, 1.54) is 26.6 Å². The van der Waals surface area contributed by atoms with Gasteiger partial charge >= 0.3 is 6.18 Å². The Hall–Kier alpha value is -3.55. The second-order valence-electron chi connectivity index (χ2n) is 9.69. The van der Waals surface area contributed by atoms with E-state index in [0.29, 0.717) is 52.9 Å². The highest BCUT2D eigenvalue weighted by Crippen LogP contribution is 2.36. The van der Waals surface area contributed by atoms with E-state index in [-0.39, 0.29) is 17.0 Å². The minimum absolute atomic E-state index is 0.0550. The molecule has 1 fully saturated rings. The van der Waals surface area contributed by atoms with Crippen molar-refractivity contribution in [2.75, 3.05) is 26.2 Å². The molecule has 3 heterocycles. The smallest absolute Gasteiger partial charge is 0.393 e. The van der Waals surface area contributed by atoms with E-state index in [2.05, 4.69) is 25.3 Å². The van der Waals surface area contributed by atoms with Crippen molar-refractivity contribution in [3.8, 4) is 23.0 Å². The molecule has 0 bridgehead atoms. The van der Waals surface area contributed by atoms with Crippen molar-refractivity contribution in [2.45, 2.75) is 50.2 Å². The third kappa shape index (κ3) is 6.11. The van der Waals surface area contributed by atoms with Gasteiger partial charge in [0.1, 0.15) is 17.0 Å². The highest BCUT2D eigenvalue weighted by molar-refractivity contribution is 7.18. The Bertz CT molecular complexity index is 1470. The summed E-state index contributed by atoms with van der Waals surface area (Å²) in [5, 5.41) is 14.9. The van der Waals surface area contributed by atoms with Crippen LogP contribution in [0.15, 0.2) is 42.9 Å². The zero-order chi connectivity index (χ0) is 28.4. The first-order chi connectivity index (χ1) is 19.1. The van der Waals surface area contributed by atoms with Crippen molar-refractivity contribution >= 4 is 27.4 Å². The Labute approximate surface area is 233 Å². The minimum atomic E-state index is -4.29. The molecule has 9 nitrogen and oxygen atoms in total. The van der Waals surface area contributed by atoms with E-state index in [4.69, 9.17) is 9.47 Å². The van der Waals surface area contributed by atoms with E-state index < -0.39 is 18.7 Å². The lowest BCUT2D eigenvalue weighted by Gasteiger charge is -2.28. The van der Waals surface area contributed by atoms with Crippen molar-refractivity contribution in [3.05, 3.63) is 53.3 Å². The van der Waals surface area contributed by atoms with Gasteiger partial charge in [0.25, 0.3) is 11.8 Å². The second kappa shape index (κ2) is 11.5. The van der Waals surface area contributed by atoms with Crippen LogP contribution in [-0.2, 0) is 13.0 Å². The zero-order valence-electron chi connectivity index (χ0n) is 22.1. The zero-order valence-corrected chi connectivity index (χ0v) is 23.0. The summed E-state index contributed by atoms with van der Waals surface area (Å²) in [6.45, 7) is 0.606. The van der Waals surface area contributed by atoms with Crippen molar-refractivity contribution < 1.29 is 27.8 Å². The molecular formula is C27H29F3N6O3S. The van der Waals surface area contributed by atoms with E-state index in [9.17, 15) is 18.3 Å². The molecular weight excluding hydrogens is 545 g/mol. The lowest BCUT2D eigenvalue weighted by atomic mass is 10.1. The van der Waals surface area contributed by atoms with Gasteiger partial charge < -0.3 is 24.8 Å². The Morgan fingerprint density at radius 3 is 2.52 bits per heavy atom. The maximum absolute atomic E-state index is 12.9. The standard InChI is InChI=1S/C27H29F3N6O3S/c1-36(23-19-10-18(11-27(28,29)30)40-26(19)34-14-33-23)21-8-17(9-22(21)37)31-12-15-4-6-16(7-5-15)20-13-32-24(38-2)25(35-20)39-3/h4-7,10,13-14,17,21-22,31,37H,8-9,11-12H2,1-3H3/t17-,21+,22-/m1/s1. The molecule has 5 rings (SSSR count). The molecule has 13 heteroatoms. The summed E-state index contributed by atoms with van der Waals surface area (Å²) >= 11 is 1.02. The summed E-state index contributed by atoms with van der Waals surface area (Å²) in [5.41, 5.74) is 2.62. The highest BCUT2D eigenvalue weighted by Gasteiger charge is 2.37. The van der Waals surface area contributed by atoms with Crippen molar-refractivity contribution in [1.82, 2.24) is 25.3 Å². The summed E-state index contributed by atoms with van der Waals surface area (Å²) in [5.74, 6) is 1.15. The number of halogens is 3. The molecule has 3 atom stereocenters. The predicted molar refractivity (Wildman–Crippen MR) is 146 cm³/mol. The van der Waals surface area contributed by atoms with Gasteiger partial charge in [-0.3, -0.25) is 0 Å². The number of fused-ring (bicyclic) bond motifs is 1. The third-order valence-corrected chi connectivity index (χ3v) is 8.05. The Morgan fingerprint density at radius 1 is 1.07 bits per heavy atom. The molecule has 0 radical (unpaired) electrons. The lowest BCUT2D eigenvalue weighted by molar-refractivity contribution is -0.126. The number of hydrogen-bond donors (Lipinski definition) is 2. The minimum Gasteiger partial charge on any atom is -0.477 e. The molecule has 1 aliphatic rings. The molecule has 40 heavy (non-hydrogen) atoms. The van der Waals surface area contributed by atoms with E-state index >= 15 is 0 Å². The largest absolute Gasteiger partial charge is 0.477 e. The Balaban J connectivity index is 1.22. The Morgan fingerprint density at radius 2 is 1.82 bits per heavy atom. The van der Waals surface area contributed by atoms with Crippen molar-refractivity contribution in [3.63, 3.8) is 0 Å². The molecule has 4 aromatic rings. The number of aliphatic hydroxyl groups excluding tert-OH is 1. The first kappa shape index (κ1) is 28.0. The van der Waals surface area contributed by atoms with Gasteiger partial charge in [0, 0.05) is 30.1 Å². The molecule has 0 unspecified atom stereocenters. The fraction of sp³-hybridized carbons (Fsp3) is 0.407. The number of methoxy groups -OCH3 is 2. The van der Waals surface area contributed by atoms with E-state index in [1.54, 1.807) is 6.20 Å². The average molecular weight is 575 g/mol. The third-order valence-electron chi connectivity index (χ3n) is 7.00. The maximum atomic E-state index is 12.9. The van der Waals surface area contributed by atoms with Crippen LogP contribution >= 0.6 is 11.3 Å². The van der Waals surface area contributed by atoms with Gasteiger partial charge in [-0.2, -0.15) is 13.2 Å². The van der Waals surface area contributed by atoms with Crippen molar-refractivity contribution in [2.24, 2.45) is 0 Å². The summed E-state index contributed by atoms with van der Waals surface area (Å²) in [6, 6.07) is 9.24. The summed E-state index contributed by atoms with van der Waals surface area (Å²) in [7, 11) is 4.83. The number of ether oxygens (including phenoxy) is 2. The van der Waals surface area contributed by atoms with Crippen LogP contribution in [0.3, 0.4) is 0 Å². The van der Waals surface area contributed by atoms with Crippen LogP contribution in [0.1, 0.15) is 23.3 Å². The van der Waals surface area contributed by atoms with Crippen molar-refractivity contribution in [1.29, 1.82) is 0 Å². The molecule has 0 aliphatic heterocycles. The maximum Gasteiger partial charge on any atom is 0.393 e. The number of likely N-dealkylation sites (N-methyl/N-ethyl adjacent to an activating group) is 1. The molecule has 1 aromatic carbocycles. The molecule has 0 saturated heterocycles. The van der Waals surface area contributed by atoms with Crippen LogP contribution in [0, 0.1) is 0 Å². The fourth-order valence-corrected chi connectivity index (χ4v) is 6.04. The van der Waals surface area contributed by atoms with Crippen LogP contribution in [0.25, 0.3) is 21.5 Å². The molecule has 212 valence electrons. The molecule has 1 aliphatic carbocycles. The number of nitrogens with one attached hydrogen (secondary N) is 1. The predicted octanol–water partition coefficient (Wildman–Crippen LogP) is 4.39. The van der Waals surface area contributed by atoms with E-state index in [0.717, 1.165) is 22.5 Å². The summed E-state index contributed by atoms with van der Waals surface area (Å²) < 4.78 is 49.2. The first-order valence-electron chi connectivity index (χ1n) is 12.6. The van der Waals surface area contributed by atoms with E-state index in [1.807, 2.05) is 36.2 Å². The van der Waals surface area contributed by atoms with Gasteiger partial charge in [-0.15, -0.1) is 11.3 Å². The summed E-state index contributed by atoms with van der Waals surface area (Å²) in [6.07, 6.45) is -1.73.